The van der Waals surface area contributed by atoms with Crippen LogP contribution in [0.5, 0.6) is 0 Å². The molecule has 0 bridgehead atoms. The van der Waals surface area contributed by atoms with E-state index in [1.807, 2.05) is 0 Å². The van der Waals surface area contributed by atoms with Crippen LogP contribution in [-0.4, -0.2) is 48.3 Å². The van der Waals surface area contributed by atoms with Crippen molar-refractivity contribution >= 4 is 0 Å². The zero-order valence-electron chi connectivity index (χ0n) is 13.5. The minimum absolute atomic E-state index is 0.282. The monoisotopic (exact) mass is 282 g/mol. The van der Waals surface area contributed by atoms with E-state index in [1.54, 1.807) is 0 Å². The largest absolute Gasteiger partial charge is 0.395 e. The van der Waals surface area contributed by atoms with Gasteiger partial charge in [0.15, 0.2) is 0 Å². The van der Waals surface area contributed by atoms with Gasteiger partial charge in [-0.05, 0) is 44.9 Å². The van der Waals surface area contributed by atoms with Crippen molar-refractivity contribution in [2.45, 2.75) is 77.3 Å². The molecule has 0 spiro atoms. The normalized spacial score (nSPS) is 23.2. The molecule has 0 aromatic rings. The van der Waals surface area contributed by atoms with Crippen molar-refractivity contribution in [2.24, 2.45) is 5.41 Å². The summed E-state index contributed by atoms with van der Waals surface area (Å²) in [6, 6.07) is 1.34. The van der Waals surface area contributed by atoms with Crippen molar-refractivity contribution in [1.29, 1.82) is 0 Å². The molecule has 0 saturated heterocycles. The summed E-state index contributed by atoms with van der Waals surface area (Å²) < 4.78 is 0. The maximum atomic E-state index is 9.33. The highest BCUT2D eigenvalue weighted by molar-refractivity contribution is 4.91. The first-order valence-corrected chi connectivity index (χ1v) is 8.73. The molecule has 3 heteroatoms. The summed E-state index contributed by atoms with van der Waals surface area (Å²) in [5.74, 6) is 0. The minimum atomic E-state index is 0.282. The van der Waals surface area contributed by atoms with E-state index in [0.29, 0.717) is 11.5 Å². The fourth-order valence-electron chi connectivity index (χ4n) is 3.60. The van der Waals surface area contributed by atoms with Crippen molar-refractivity contribution < 1.29 is 5.11 Å². The average molecular weight is 282 g/mol. The van der Waals surface area contributed by atoms with Gasteiger partial charge < -0.3 is 10.4 Å². The maximum Gasteiger partial charge on any atom is 0.0558 e. The standard InChI is InChI=1S/C17H34N2O/c1-15(2)19(11-12-20)14-17(13-18-16-7-8-16)9-5-3-4-6-10-17/h15-16,18,20H,3-14H2,1-2H3. The molecule has 0 aromatic heterocycles. The van der Waals surface area contributed by atoms with Crippen LogP contribution in [-0.2, 0) is 0 Å². The van der Waals surface area contributed by atoms with Gasteiger partial charge >= 0.3 is 0 Å². The molecular formula is C17H34N2O. The Morgan fingerprint density at radius 3 is 2.30 bits per heavy atom. The average Bonchev–Trinajstić information content (AvgIpc) is 3.24. The van der Waals surface area contributed by atoms with Crippen molar-refractivity contribution in [3.8, 4) is 0 Å². The third-order valence-electron chi connectivity index (χ3n) is 5.16. The van der Waals surface area contributed by atoms with Gasteiger partial charge in [-0.1, -0.05) is 25.7 Å². The van der Waals surface area contributed by atoms with Crippen LogP contribution in [0.1, 0.15) is 65.2 Å². The fraction of sp³-hybridized carbons (Fsp3) is 1.00. The molecule has 0 atom stereocenters. The Morgan fingerprint density at radius 2 is 1.80 bits per heavy atom. The van der Waals surface area contributed by atoms with Crippen LogP contribution in [0.3, 0.4) is 0 Å². The third kappa shape index (κ3) is 5.01. The first-order valence-electron chi connectivity index (χ1n) is 8.73. The first-order chi connectivity index (χ1) is 9.65. The predicted octanol–water partition coefficient (Wildman–Crippen LogP) is 2.78. The topological polar surface area (TPSA) is 35.5 Å². The maximum absolute atomic E-state index is 9.33. The van der Waals surface area contributed by atoms with Crippen LogP contribution in [0.25, 0.3) is 0 Å². The summed E-state index contributed by atoms with van der Waals surface area (Å²) in [5.41, 5.74) is 0.443. The van der Waals surface area contributed by atoms with E-state index in [9.17, 15) is 5.11 Å². The van der Waals surface area contributed by atoms with E-state index in [4.69, 9.17) is 0 Å². The second kappa shape index (κ2) is 7.77. The number of nitrogens with one attached hydrogen (secondary N) is 1. The van der Waals surface area contributed by atoms with Gasteiger partial charge in [0, 0.05) is 31.7 Å². The molecule has 2 aliphatic rings. The number of rotatable bonds is 8. The number of aliphatic hydroxyl groups is 1. The Kier molecular flexibility index (Phi) is 6.31. The second-order valence-corrected chi connectivity index (χ2v) is 7.36. The minimum Gasteiger partial charge on any atom is -0.395 e. The summed E-state index contributed by atoms with van der Waals surface area (Å²) in [7, 11) is 0. The van der Waals surface area contributed by atoms with Gasteiger partial charge in [0.1, 0.15) is 0 Å². The van der Waals surface area contributed by atoms with Crippen LogP contribution in [0.15, 0.2) is 0 Å². The van der Waals surface area contributed by atoms with Crippen LogP contribution >= 0.6 is 0 Å². The van der Waals surface area contributed by atoms with Gasteiger partial charge in [0.25, 0.3) is 0 Å². The smallest absolute Gasteiger partial charge is 0.0558 e. The Balaban J connectivity index is 1.98. The van der Waals surface area contributed by atoms with Crippen LogP contribution < -0.4 is 5.32 Å². The van der Waals surface area contributed by atoms with E-state index in [0.717, 1.165) is 19.1 Å². The van der Waals surface area contributed by atoms with Crippen LogP contribution in [0.2, 0.25) is 0 Å². The molecule has 0 heterocycles. The molecule has 2 aliphatic carbocycles. The molecule has 2 fully saturated rings. The lowest BCUT2D eigenvalue weighted by atomic mass is 9.79. The molecule has 2 N–H and O–H groups in total. The van der Waals surface area contributed by atoms with E-state index in [-0.39, 0.29) is 6.61 Å². The van der Waals surface area contributed by atoms with Gasteiger partial charge in [-0.2, -0.15) is 0 Å². The third-order valence-corrected chi connectivity index (χ3v) is 5.16. The molecule has 118 valence electrons. The highest BCUT2D eigenvalue weighted by Crippen LogP contribution is 2.36. The van der Waals surface area contributed by atoms with Crippen molar-refractivity contribution in [3.63, 3.8) is 0 Å². The molecule has 0 amide bonds. The number of nitrogens with zero attached hydrogens (tertiary/aromatic N) is 1. The zero-order chi connectivity index (χ0) is 14.4. The Morgan fingerprint density at radius 1 is 1.15 bits per heavy atom. The molecule has 0 aromatic carbocycles. The fourth-order valence-corrected chi connectivity index (χ4v) is 3.60. The Hall–Kier alpha value is -0.120. The number of hydrogen-bond donors (Lipinski definition) is 2. The van der Waals surface area contributed by atoms with Gasteiger partial charge in [0.05, 0.1) is 6.61 Å². The Bertz CT molecular complexity index is 268. The Labute approximate surface area is 125 Å². The van der Waals surface area contributed by atoms with Crippen molar-refractivity contribution in [2.75, 3.05) is 26.2 Å². The van der Waals surface area contributed by atoms with Crippen LogP contribution in [0.4, 0.5) is 0 Å². The quantitative estimate of drug-likeness (QED) is 0.672. The summed E-state index contributed by atoms with van der Waals surface area (Å²) >= 11 is 0. The van der Waals surface area contributed by atoms with Gasteiger partial charge in [-0.15, -0.1) is 0 Å². The van der Waals surface area contributed by atoms with Gasteiger partial charge in [-0.25, -0.2) is 0 Å². The van der Waals surface area contributed by atoms with Gasteiger partial charge in [-0.3, -0.25) is 4.90 Å². The summed E-state index contributed by atoms with van der Waals surface area (Å²) in [4.78, 5) is 2.49. The number of aliphatic hydroxyl groups excluding tert-OH is 1. The molecule has 0 radical (unpaired) electrons. The molecule has 0 aliphatic heterocycles. The van der Waals surface area contributed by atoms with Crippen molar-refractivity contribution in [1.82, 2.24) is 10.2 Å². The summed E-state index contributed by atoms with van der Waals surface area (Å²) in [6.07, 6.45) is 11.1. The predicted molar refractivity (Wildman–Crippen MR) is 85.0 cm³/mol. The molecule has 0 unspecified atom stereocenters. The zero-order valence-corrected chi connectivity index (χ0v) is 13.5. The molecule has 2 rings (SSSR count). The van der Waals surface area contributed by atoms with Crippen LogP contribution in [0, 0.1) is 5.41 Å². The number of hydrogen-bond acceptors (Lipinski definition) is 3. The van der Waals surface area contributed by atoms with E-state index in [2.05, 4.69) is 24.1 Å². The van der Waals surface area contributed by atoms with Gasteiger partial charge in [0.2, 0.25) is 0 Å². The molecular weight excluding hydrogens is 248 g/mol. The van der Waals surface area contributed by atoms with Crippen molar-refractivity contribution in [3.05, 3.63) is 0 Å². The summed E-state index contributed by atoms with van der Waals surface area (Å²) in [5, 5.41) is 13.1. The second-order valence-electron chi connectivity index (χ2n) is 7.36. The lowest BCUT2D eigenvalue weighted by Gasteiger charge is -2.40. The first kappa shape index (κ1) is 16.3. The molecule has 2 saturated carbocycles. The van der Waals surface area contributed by atoms with E-state index in [1.165, 1.54) is 57.9 Å². The summed E-state index contributed by atoms with van der Waals surface area (Å²) in [6.45, 7) is 7.97. The van der Waals surface area contributed by atoms with E-state index < -0.39 is 0 Å². The lowest BCUT2D eigenvalue weighted by Crippen LogP contribution is -2.47. The molecule has 3 nitrogen and oxygen atoms in total. The highest BCUT2D eigenvalue weighted by Gasteiger charge is 2.35. The highest BCUT2D eigenvalue weighted by atomic mass is 16.3. The van der Waals surface area contributed by atoms with E-state index >= 15 is 0 Å². The SMILES string of the molecule is CC(C)N(CCO)CC1(CNC2CC2)CCCCCC1. The molecule has 20 heavy (non-hydrogen) atoms. The lowest BCUT2D eigenvalue weighted by molar-refractivity contribution is 0.0856.